The monoisotopic (exact) mass is 465 g/mol. The average molecular weight is 466 g/mol. The zero-order valence-electron chi connectivity index (χ0n) is 18.0. The number of anilines is 3. The van der Waals surface area contributed by atoms with Gasteiger partial charge >= 0.3 is 0 Å². The number of morpholine rings is 1. The van der Waals surface area contributed by atoms with Gasteiger partial charge in [-0.05, 0) is 37.3 Å². The highest BCUT2D eigenvalue weighted by molar-refractivity contribution is 7.89. The molecule has 3 heterocycles. The van der Waals surface area contributed by atoms with Crippen LogP contribution in [0.1, 0.15) is 12.5 Å². The van der Waals surface area contributed by atoms with Crippen molar-refractivity contribution in [2.75, 3.05) is 30.3 Å². The second-order valence-corrected chi connectivity index (χ2v) is 9.97. The van der Waals surface area contributed by atoms with E-state index in [4.69, 9.17) is 4.74 Å². The molecule has 33 heavy (non-hydrogen) atoms. The summed E-state index contributed by atoms with van der Waals surface area (Å²) in [5.41, 5.74) is 3.61. The molecule has 0 bridgehead atoms. The van der Waals surface area contributed by atoms with Crippen LogP contribution in [0.3, 0.4) is 0 Å². The number of carbonyl (C=O) groups is 1. The van der Waals surface area contributed by atoms with E-state index in [0.29, 0.717) is 42.7 Å². The average Bonchev–Trinajstić information content (AvgIpc) is 2.95. The van der Waals surface area contributed by atoms with Gasteiger partial charge in [0, 0.05) is 36.1 Å². The van der Waals surface area contributed by atoms with Crippen molar-refractivity contribution in [1.29, 1.82) is 0 Å². The standard InChI is InChI=1S/C23H23N5O4S/c1-15-14-28(10-11-32-15)33(30,31)18-8-6-17(7-9-18)25-23-24-13-16-12-21(29)26-20-5-3-2-4-19(20)22(16)27-23/h2-9,13,15H,10-12,14H2,1H3,(H,26,29)(H,24,25,27)/t15-/m1/s1. The molecule has 9 nitrogen and oxygen atoms in total. The molecule has 1 amide bonds. The van der Waals surface area contributed by atoms with Crippen molar-refractivity contribution in [3.05, 3.63) is 60.3 Å². The lowest BCUT2D eigenvalue weighted by Crippen LogP contribution is -2.44. The largest absolute Gasteiger partial charge is 0.376 e. The van der Waals surface area contributed by atoms with Crippen molar-refractivity contribution in [2.45, 2.75) is 24.3 Å². The van der Waals surface area contributed by atoms with Crippen LogP contribution in [-0.2, 0) is 26.0 Å². The first-order valence-electron chi connectivity index (χ1n) is 10.6. The molecule has 2 aromatic carbocycles. The number of aromatic nitrogens is 2. The van der Waals surface area contributed by atoms with Crippen LogP contribution in [0, 0.1) is 0 Å². The summed E-state index contributed by atoms with van der Waals surface area (Å²) < 4.78 is 32.8. The summed E-state index contributed by atoms with van der Waals surface area (Å²) in [6.07, 6.45) is 1.71. The lowest BCUT2D eigenvalue weighted by atomic mass is 10.1. The number of benzene rings is 2. The third-order valence-corrected chi connectivity index (χ3v) is 7.50. The highest BCUT2D eigenvalue weighted by Gasteiger charge is 2.29. The van der Waals surface area contributed by atoms with Gasteiger partial charge in [0.2, 0.25) is 21.9 Å². The SMILES string of the molecule is C[C@@H]1CN(S(=O)(=O)c2ccc(Nc3ncc4c(n3)-c3ccccc3NC(=O)C4)cc2)CCO1. The van der Waals surface area contributed by atoms with Crippen LogP contribution in [0.4, 0.5) is 17.3 Å². The fraction of sp³-hybridized carbons (Fsp3) is 0.261. The van der Waals surface area contributed by atoms with Crippen molar-refractivity contribution >= 4 is 33.3 Å². The van der Waals surface area contributed by atoms with Gasteiger partial charge in [0.15, 0.2) is 0 Å². The summed E-state index contributed by atoms with van der Waals surface area (Å²) in [5.74, 6) is 0.243. The van der Waals surface area contributed by atoms with E-state index in [1.165, 1.54) is 4.31 Å². The zero-order chi connectivity index (χ0) is 23.0. The summed E-state index contributed by atoms with van der Waals surface area (Å²) in [5, 5.41) is 6.02. The van der Waals surface area contributed by atoms with Gasteiger partial charge in [-0.3, -0.25) is 4.79 Å². The Bertz CT molecular complexity index is 1310. The molecule has 2 aliphatic heterocycles. The molecule has 2 aliphatic rings. The molecule has 0 unspecified atom stereocenters. The van der Waals surface area contributed by atoms with E-state index in [-0.39, 0.29) is 23.3 Å². The Balaban J connectivity index is 1.39. The Hall–Kier alpha value is -3.34. The van der Waals surface area contributed by atoms with Gasteiger partial charge in [-0.1, -0.05) is 18.2 Å². The molecular weight excluding hydrogens is 442 g/mol. The highest BCUT2D eigenvalue weighted by atomic mass is 32.2. The van der Waals surface area contributed by atoms with Crippen molar-refractivity contribution in [2.24, 2.45) is 0 Å². The molecule has 1 aromatic heterocycles. The molecule has 0 spiro atoms. The van der Waals surface area contributed by atoms with E-state index in [1.807, 2.05) is 31.2 Å². The molecule has 1 saturated heterocycles. The number of sulfonamides is 1. The van der Waals surface area contributed by atoms with Gasteiger partial charge in [0.1, 0.15) is 0 Å². The van der Waals surface area contributed by atoms with Crippen molar-refractivity contribution in [3.63, 3.8) is 0 Å². The number of nitrogens with one attached hydrogen (secondary N) is 2. The van der Waals surface area contributed by atoms with Crippen molar-refractivity contribution < 1.29 is 17.9 Å². The maximum atomic E-state index is 12.9. The van der Waals surface area contributed by atoms with E-state index in [2.05, 4.69) is 20.6 Å². The lowest BCUT2D eigenvalue weighted by Gasteiger charge is -2.30. The number of rotatable bonds is 4. The van der Waals surface area contributed by atoms with Crippen LogP contribution in [-0.4, -0.2) is 54.4 Å². The molecule has 2 N–H and O–H groups in total. The maximum Gasteiger partial charge on any atom is 0.243 e. The van der Waals surface area contributed by atoms with Crippen molar-refractivity contribution in [1.82, 2.24) is 14.3 Å². The number of hydrogen-bond acceptors (Lipinski definition) is 7. The third-order valence-electron chi connectivity index (χ3n) is 5.62. The quantitative estimate of drug-likeness (QED) is 0.609. The Morgan fingerprint density at radius 2 is 1.94 bits per heavy atom. The van der Waals surface area contributed by atoms with Crippen LogP contribution in [0.2, 0.25) is 0 Å². The first-order chi connectivity index (χ1) is 15.9. The number of carbonyl (C=O) groups excluding carboxylic acids is 1. The second kappa shape index (κ2) is 8.54. The van der Waals surface area contributed by atoms with Gasteiger partial charge in [-0.15, -0.1) is 0 Å². The second-order valence-electron chi connectivity index (χ2n) is 8.03. The molecule has 0 saturated carbocycles. The summed E-state index contributed by atoms with van der Waals surface area (Å²) in [4.78, 5) is 21.4. The number of para-hydroxylation sites is 1. The third kappa shape index (κ3) is 4.32. The van der Waals surface area contributed by atoms with E-state index in [0.717, 1.165) is 11.1 Å². The fourth-order valence-corrected chi connectivity index (χ4v) is 5.49. The van der Waals surface area contributed by atoms with Crippen LogP contribution < -0.4 is 10.6 Å². The van der Waals surface area contributed by atoms with Crippen LogP contribution in [0.15, 0.2) is 59.6 Å². The summed E-state index contributed by atoms with van der Waals surface area (Å²) >= 11 is 0. The highest BCUT2D eigenvalue weighted by Crippen LogP contribution is 2.33. The van der Waals surface area contributed by atoms with Gasteiger partial charge in [0.25, 0.3) is 0 Å². The molecule has 1 fully saturated rings. The zero-order valence-corrected chi connectivity index (χ0v) is 18.8. The molecule has 170 valence electrons. The predicted octanol–water partition coefficient (Wildman–Crippen LogP) is 2.79. The Kier molecular flexibility index (Phi) is 5.57. The molecule has 0 radical (unpaired) electrons. The minimum Gasteiger partial charge on any atom is -0.376 e. The minimum absolute atomic E-state index is 0.114. The minimum atomic E-state index is -3.58. The molecule has 5 rings (SSSR count). The molecule has 3 aromatic rings. The smallest absolute Gasteiger partial charge is 0.243 e. The Morgan fingerprint density at radius 3 is 2.73 bits per heavy atom. The first kappa shape index (κ1) is 21.5. The van der Waals surface area contributed by atoms with Gasteiger partial charge in [0.05, 0.1) is 35.4 Å². The number of fused-ring (bicyclic) bond motifs is 3. The maximum absolute atomic E-state index is 12.9. The van der Waals surface area contributed by atoms with E-state index in [1.54, 1.807) is 30.5 Å². The Morgan fingerprint density at radius 1 is 1.15 bits per heavy atom. The molecule has 10 heteroatoms. The lowest BCUT2D eigenvalue weighted by molar-refractivity contribution is -0.115. The summed E-state index contributed by atoms with van der Waals surface area (Å²) in [6.45, 7) is 2.93. The molecular formula is C23H23N5O4S. The normalized spacial score (nSPS) is 18.6. The number of nitrogens with zero attached hydrogens (tertiary/aromatic N) is 3. The van der Waals surface area contributed by atoms with Gasteiger partial charge in [-0.25, -0.2) is 18.4 Å². The topological polar surface area (TPSA) is 114 Å². The number of hydrogen-bond donors (Lipinski definition) is 2. The van der Waals surface area contributed by atoms with E-state index < -0.39 is 10.0 Å². The number of amides is 1. The summed E-state index contributed by atoms with van der Waals surface area (Å²) in [7, 11) is -3.58. The fourth-order valence-electron chi connectivity index (χ4n) is 3.99. The first-order valence-corrected chi connectivity index (χ1v) is 12.1. The molecule has 1 atom stereocenters. The van der Waals surface area contributed by atoms with Gasteiger partial charge in [-0.2, -0.15) is 4.31 Å². The van der Waals surface area contributed by atoms with E-state index >= 15 is 0 Å². The van der Waals surface area contributed by atoms with Gasteiger partial charge < -0.3 is 15.4 Å². The Labute approximate surface area is 191 Å². The van der Waals surface area contributed by atoms with Crippen LogP contribution >= 0.6 is 0 Å². The van der Waals surface area contributed by atoms with E-state index in [9.17, 15) is 13.2 Å². The number of ether oxygens (including phenoxy) is 1. The van der Waals surface area contributed by atoms with Crippen molar-refractivity contribution in [3.8, 4) is 11.3 Å². The predicted molar refractivity (Wildman–Crippen MR) is 124 cm³/mol. The van der Waals surface area contributed by atoms with Crippen LogP contribution in [0.5, 0.6) is 0 Å². The summed E-state index contributed by atoms with van der Waals surface area (Å²) in [6, 6.07) is 14.0. The molecule has 0 aliphatic carbocycles. The van der Waals surface area contributed by atoms with Crippen LogP contribution in [0.25, 0.3) is 11.3 Å².